The molecule has 1 saturated heterocycles. The molecule has 1 aromatic heterocycles. The molecule has 0 amide bonds. The van der Waals surface area contributed by atoms with Gasteiger partial charge in [-0.1, -0.05) is 12.2 Å². The van der Waals surface area contributed by atoms with E-state index in [9.17, 15) is 4.79 Å². The van der Waals surface area contributed by atoms with Gasteiger partial charge in [-0.3, -0.25) is 4.90 Å². The van der Waals surface area contributed by atoms with Crippen LogP contribution in [0.2, 0.25) is 0 Å². The molecule has 102 valence electrons. The summed E-state index contributed by atoms with van der Waals surface area (Å²) >= 11 is 0. The standard InChI is InChI=1S/C15H19NO3/c1-18-15(17)13-6-7-19-14(13)10-16-8-11-4-2-3-5-12(11)9-16/h2-3,6-7,11-12H,4-5,8-10H2,1H3/t11-,12-/m1/s1. The van der Waals surface area contributed by atoms with Crippen molar-refractivity contribution in [3.05, 3.63) is 35.8 Å². The number of hydrogen-bond donors (Lipinski definition) is 0. The van der Waals surface area contributed by atoms with Crippen molar-refractivity contribution >= 4 is 5.97 Å². The molecule has 0 N–H and O–H groups in total. The molecular weight excluding hydrogens is 242 g/mol. The van der Waals surface area contributed by atoms with Crippen LogP contribution < -0.4 is 0 Å². The van der Waals surface area contributed by atoms with Gasteiger partial charge in [-0.25, -0.2) is 4.79 Å². The number of rotatable bonds is 3. The molecule has 0 aromatic carbocycles. The van der Waals surface area contributed by atoms with E-state index in [0.717, 1.165) is 30.7 Å². The number of furan rings is 1. The zero-order valence-corrected chi connectivity index (χ0v) is 11.2. The Balaban J connectivity index is 1.67. The van der Waals surface area contributed by atoms with E-state index in [4.69, 9.17) is 9.15 Å². The van der Waals surface area contributed by atoms with Crippen molar-refractivity contribution in [3.63, 3.8) is 0 Å². The zero-order valence-electron chi connectivity index (χ0n) is 11.2. The number of nitrogens with zero attached hydrogens (tertiary/aromatic N) is 1. The minimum Gasteiger partial charge on any atom is -0.467 e. The van der Waals surface area contributed by atoms with Crippen LogP contribution in [0.15, 0.2) is 28.9 Å². The summed E-state index contributed by atoms with van der Waals surface area (Å²) in [6, 6.07) is 1.69. The number of carbonyl (C=O) groups excluding carboxylic acids is 1. The number of hydrogen-bond acceptors (Lipinski definition) is 4. The Morgan fingerprint density at radius 1 is 1.37 bits per heavy atom. The first-order valence-electron chi connectivity index (χ1n) is 6.80. The molecule has 0 bridgehead atoms. The van der Waals surface area contributed by atoms with Crippen LogP contribution >= 0.6 is 0 Å². The maximum absolute atomic E-state index is 11.6. The van der Waals surface area contributed by atoms with E-state index in [2.05, 4.69) is 17.1 Å². The van der Waals surface area contributed by atoms with Gasteiger partial charge in [0, 0.05) is 13.1 Å². The molecule has 2 atom stereocenters. The maximum atomic E-state index is 11.6. The number of likely N-dealkylation sites (tertiary alicyclic amines) is 1. The van der Waals surface area contributed by atoms with Gasteiger partial charge in [-0.15, -0.1) is 0 Å². The van der Waals surface area contributed by atoms with Crippen molar-refractivity contribution < 1.29 is 13.9 Å². The van der Waals surface area contributed by atoms with Gasteiger partial charge in [0.2, 0.25) is 0 Å². The lowest BCUT2D eigenvalue weighted by Crippen LogP contribution is -2.21. The van der Waals surface area contributed by atoms with E-state index in [1.165, 1.54) is 20.0 Å². The van der Waals surface area contributed by atoms with Crippen LogP contribution in [0.1, 0.15) is 29.0 Å². The zero-order chi connectivity index (χ0) is 13.2. The van der Waals surface area contributed by atoms with Crippen LogP contribution in [0.4, 0.5) is 0 Å². The number of esters is 1. The molecule has 0 saturated carbocycles. The highest BCUT2D eigenvalue weighted by molar-refractivity contribution is 5.90. The van der Waals surface area contributed by atoms with Gasteiger partial charge in [0.25, 0.3) is 0 Å². The smallest absolute Gasteiger partial charge is 0.341 e. The van der Waals surface area contributed by atoms with E-state index >= 15 is 0 Å². The normalized spacial score (nSPS) is 26.4. The summed E-state index contributed by atoms with van der Waals surface area (Å²) in [5.41, 5.74) is 0.551. The molecule has 2 heterocycles. The van der Waals surface area contributed by atoms with Gasteiger partial charge in [-0.2, -0.15) is 0 Å². The molecule has 19 heavy (non-hydrogen) atoms. The fourth-order valence-electron chi connectivity index (χ4n) is 3.20. The first kappa shape index (κ1) is 12.5. The maximum Gasteiger partial charge on any atom is 0.341 e. The average Bonchev–Trinajstić information content (AvgIpc) is 3.04. The molecule has 0 radical (unpaired) electrons. The summed E-state index contributed by atoms with van der Waals surface area (Å²) in [5.74, 6) is 1.93. The number of methoxy groups -OCH3 is 1. The molecule has 4 heteroatoms. The number of fused-ring (bicyclic) bond motifs is 1. The lowest BCUT2D eigenvalue weighted by Gasteiger charge is -2.18. The molecule has 1 aromatic rings. The van der Waals surface area contributed by atoms with Crippen LogP contribution in [0.25, 0.3) is 0 Å². The van der Waals surface area contributed by atoms with Gasteiger partial charge >= 0.3 is 5.97 Å². The van der Waals surface area contributed by atoms with Crippen LogP contribution in [0.3, 0.4) is 0 Å². The van der Waals surface area contributed by atoms with Gasteiger partial charge < -0.3 is 9.15 Å². The van der Waals surface area contributed by atoms with Gasteiger partial charge in [-0.05, 0) is 30.7 Å². The lowest BCUT2D eigenvalue weighted by molar-refractivity contribution is 0.0596. The second kappa shape index (κ2) is 5.21. The summed E-state index contributed by atoms with van der Waals surface area (Å²) in [4.78, 5) is 14.0. The third-order valence-electron chi connectivity index (χ3n) is 4.21. The second-order valence-corrected chi connectivity index (χ2v) is 5.41. The van der Waals surface area contributed by atoms with Crippen molar-refractivity contribution in [1.29, 1.82) is 0 Å². The largest absolute Gasteiger partial charge is 0.467 e. The monoisotopic (exact) mass is 261 g/mol. The Morgan fingerprint density at radius 3 is 2.68 bits per heavy atom. The predicted molar refractivity (Wildman–Crippen MR) is 70.7 cm³/mol. The van der Waals surface area contributed by atoms with Crippen LogP contribution in [-0.4, -0.2) is 31.1 Å². The van der Waals surface area contributed by atoms with E-state index < -0.39 is 0 Å². The molecular formula is C15H19NO3. The molecule has 0 spiro atoms. The highest BCUT2D eigenvalue weighted by atomic mass is 16.5. The van der Waals surface area contributed by atoms with E-state index in [-0.39, 0.29) is 5.97 Å². The highest BCUT2D eigenvalue weighted by Crippen LogP contribution is 2.33. The second-order valence-electron chi connectivity index (χ2n) is 5.41. The van der Waals surface area contributed by atoms with Gasteiger partial charge in [0.1, 0.15) is 11.3 Å². The molecule has 1 aliphatic carbocycles. The Hall–Kier alpha value is -1.55. The van der Waals surface area contributed by atoms with Crippen molar-refractivity contribution in [2.45, 2.75) is 19.4 Å². The number of ether oxygens (including phenoxy) is 1. The highest BCUT2D eigenvalue weighted by Gasteiger charge is 2.33. The quantitative estimate of drug-likeness (QED) is 0.619. The lowest BCUT2D eigenvalue weighted by atomic mass is 9.86. The van der Waals surface area contributed by atoms with Crippen molar-refractivity contribution in [2.75, 3.05) is 20.2 Å². The Bertz CT molecular complexity index is 475. The molecule has 1 fully saturated rings. The molecule has 1 aliphatic heterocycles. The third-order valence-corrected chi connectivity index (χ3v) is 4.21. The Kier molecular flexibility index (Phi) is 3.42. The van der Waals surface area contributed by atoms with Crippen LogP contribution in [0, 0.1) is 11.8 Å². The summed E-state index contributed by atoms with van der Waals surface area (Å²) in [5, 5.41) is 0. The SMILES string of the molecule is COC(=O)c1ccoc1CN1C[C@H]2CC=CC[C@@H]2C1. The molecule has 4 nitrogen and oxygen atoms in total. The summed E-state index contributed by atoms with van der Waals surface area (Å²) in [6.45, 7) is 2.89. The minimum atomic E-state index is -0.318. The molecule has 3 rings (SSSR count). The van der Waals surface area contributed by atoms with E-state index in [1.54, 1.807) is 12.3 Å². The third kappa shape index (κ3) is 2.45. The van der Waals surface area contributed by atoms with Gasteiger partial charge in [0.05, 0.1) is 19.9 Å². The molecule has 0 unspecified atom stereocenters. The van der Waals surface area contributed by atoms with Crippen molar-refractivity contribution in [2.24, 2.45) is 11.8 Å². The molecule has 2 aliphatic rings. The Morgan fingerprint density at radius 2 is 2.05 bits per heavy atom. The fraction of sp³-hybridized carbons (Fsp3) is 0.533. The van der Waals surface area contributed by atoms with Gasteiger partial charge in [0.15, 0.2) is 0 Å². The van der Waals surface area contributed by atoms with Crippen LogP contribution in [-0.2, 0) is 11.3 Å². The minimum absolute atomic E-state index is 0.318. The van der Waals surface area contributed by atoms with Crippen LogP contribution in [0.5, 0.6) is 0 Å². The topological polar surface area (TPSA) is 42.7 Å². The number of carbonyl (C=O) groups is 1. The van der Waals surface area contributed by atoms with Crippen molar-refractivity contribution in [1.82, 2.24) is 4.90 Å². The van der Waals surface area contributed by atoms with E-state index in [1.807, 2.05) is 0 Å². The fourth-order valence-corrected chi connectivity index (χ4v) is 3.20. The summed E-state index contributed by atoms with van der Waals surface area (Å²) in [7, 11) is 1.40. The first-order valence-corrected chi connectivity index (χ1v) is 6.80. The van der Waals surface area contributed by atoms with E-state index in [0.29, 0.717) is 12.1 Å². The first-order chi connectivity index (χ1) is 9.28. The Labute approximate surface area is 113 Å². The summed E-state index contributed by atoms with van der Waals surface area (Å²) in [6.07, 6.45) is 8.51. The summed E-state index contributed by atoms with van der Waals surface area (Å²) < 4.78 is 10.2. The number of allylic oxidation sites excluding steroid dienone is 2. The van der Waals surface area contributed by atoms with Crippen molar-refractivity contribution in [3.8, 4) is 0 Å². The average molecular weight is 261 g/mol. The predicted octanol–water partition coefficient (Wildman–Crippen LogP) is 2.46.